The van der Waals surface area contributed by atoms with Gasteiger partial charge in [-0.05, 0) is 20.9 Å². The number of carbonyl (C=O) groups excluding carboxylic acids is 1. The van der Waals surface area contributed by atoms with E-state index in [1.165, 1.54) is 6.92 Å². The molecule has 1 unspecified atom stereocenters. The van der Waals surface area contributed by atoms with Crippen LogP contribution in [0.1, 0.15) is 13.8 Å². The van der Waals surface area contributed by atoms with E-state index < -0.39 is 17.7 Å². The molecule has 0 saturated heterocycles. The highest BCUT2D eigenvalue weighted by Crippen LogP contribution is 2.30. The number of alkyl halides is 3. The molecule has 13 heavy (non-hydrogen) atoms. The van der Waals surface area contributed by atoms with Gasteiger partial charge in [0.05, 0.1) is 6.61 Å². The fourth-order valence-electron chi connectivity index (χ4n) is 0.635. The number of halogens is 3. The second-order valence-corrected chi connectivity index (χ2v) is 2.59. The van der Waals surface area contributed by atoms with Gasteiger partial charge in [-0.1, -0.05) is 0 Å². The highest BCUT2D eigenvalue weighted by Gasteiger charge is 2.57. The van der Waals surface area contributed by atoms with Crippen molar-refractivity contribution >= 4 is 5.97 Å². The van der Waals surface area contributed by atoms with Gasteiger partial charge in [-0.15, -0.1) is 0 Å². The first-order chi connectivity index (χ1) is 5.79. The van der Waals surface area contributed by atoms with E-state index in [1.54, 1.807) is 0 Å². The van der Waals surface area contributed by atoms with Crippen molar-refractivity contribution in [1.29, 1.82) is 0 Å². The number of ether oxygens (including phenoxy) is 1. The topological polar surface area (TPSA) is 38.3 Å². The molecule has 0 aromatic heterocycles. The molecule has 0 aromatic carbocycles. The molecule has 78 valence electrons. The molecule has 1 atom stereocenters. The van der Waals surface area contributed by atoms with Crippen LogP contribution in [0, 0.1) is 0 Å². The number of hydrogen-bond acceptors (Lipinski definition) is 3. The third kappa shape index (κ3) is 2.33. The minimum Gasteiger partial charge on any atom is -0.464 e. The fraction of sp³-hybridized carbons (Fsp3) is 0.857. The number of hydrogen-bond donors (Lipinski definition) is 1. The quantitative estimate of drug-likeness (QED) is 0.691. The van der Waals surface area contributed by atoms with Crippen molar-refractivity contribution in [2.24, 2.45) is 0 Å². The molecular weight excluding hydrogens is 187 g/mol. The van der Waals surface area contributed by atoms with Crippen LogP contribution in [0.5, 0.6) is 0 Å². The maximum atomic E-state index is 12.3. The summed E-state index contributed by atoms with van der Waals surface area (Å²) in [5, 5.41) is 1.90. The molecule has 0 saturated carbocycles. The first-order valence-electron chi connectivity index (χ1n) is 3.72. The number of likely N-dealkylation sites (N-methyl/N-ethyl adjacent to an activating group) is 1. The zero-order valence-electron chi connectivity index (χ0n) is 7.66. The fourth-order valence-corrected chi connectivity index (χ4v) is 0.635. The second kappa shape index (κ2) is 3.95. The van der Waals surface area contributed by atoms with Crippen LogP contribution in [0.15, 0.2) is 0 Å². The van der Waals surface area contributed by atoms with Crippen molar-refractivity contribution < 1.29 is 22.7 Å². The number of rotatable bonds is 3. The van der Waals surface area contributed by atoms with Crippen molar-refractivity contribution in [1.82, 2.24) is 5.32 Å². The monoisotopic (exact) mass is 199 g/mol. The summed E-state index contributed by atoms with van der Waals surface area (Å²) in [6.45, 7) is 2.11. The van der Waals surface area contributed by atoms with E-state index in [0.717, 1.165) is 14.0 Å². The van der Waals surface area contributed by atoms with Gasteiger partial charge in [0.15, 0.2) is 0 Å². The van der Waals surface area contributed by atoms with Crippen LogP contribution in [0.2, 0.25) is 0 Å². The maximum absolute atomic E-state index is 12.3. The van der Waals surface area contributed by atoms with E-state index in [4.69, 9.17) is 0 Å². The highest BCUT2D eigenvalue weighted by molar-refractivity contribution is 5.81. The van der Waals surface area contributed by atoms with Gasteiger partial charge in [0.2, 0.25) is 5.54 Å². The predicted octanol–water partition coefficient (Wildman–Crippen LogP) is 1.09. The molecule has 0 amide bonds. The number of esters is 1. The van der Waals surface area contributed by atoms with Gasteiger partial charge in [0, 0.05) is 0 Å². The zero-order chi connectivity index (χ0) is 10.7. The minimum absolute atomic E-state index is 0.0772. The standard InChI is InChI=1S/C7H12F3NO2/c1-4-13-5(12)6(2,11-3)7(8,9)10/h11H,4H2,1-3H3. The molecule has 0 radical (unpaired) electrons. The Balaban J connectivity index is 4.73. The molecule has 0 bridgehead atoms. The summed E-state index contributed by atoms with van der Waals surface area (Å²) in [5.41, 5.74) is -2.62. The molecule has 0 spiro atoms. The van der Waals surface area contributed by atoms with E-state index >= 15 is 0 Å². The molecule has 1 N–H and O–H groups in total. The summed E-state index contributed by atoms with van der Waals surface area (Å²) < 4.78 is 41.2. The average Bonchev–Trinajstić information content (AvgIpc) is 2.01. The van der Waals surface area contributed by atoms with Gasteiger partial charge < -0.3 is 4.74 Å². The number of carbonyl (C=O) groups is 1. The van der Waals surface area contributed by atoms with Crippen LogP contribution >= 0.6 is 0 Å². The Morgan fingerprint density at radius 3 is 2.15 bits per heavy atom. The molecule has 0 heterocycles. The van der Waals surface area contributed by atoms with Crippen LogP contribution in [-0.4, -0.2) is 31.3 Å². The number of nitrogens with one attached hydrogen (secondary N) is 1. The first kappa shape index (κ1) is 12.2. The molecule has 3 nitrogen and oxygen atoms in total. The van der Waals surface area contributed by atoms with E-state index in [9.17, 15) is 18.0 Å². The molecule has 0 aromatic rings. The van der Waals surface area contributed by atoms with Gasteiger partial charge in [-0.3, -0.25) is 5.32 Å². The van der Waals surface area contributed by atoms with Crippen molar-refractivity contribution in [2.75, 3.05) is 13.7 Å². The Labute approximate surface area is 74.3 Å². The van der Waals surface area contributed by atoms with Crippen molar-refractivity contribution in [3.63, 3.8) is 0 Å². The zero-order valence-corrected chi connectivity index (χ0v) is 7.66. The summed E-state index contributed by atoms with van der Waals surface area (Å²) >= 11 is 0. The predicted molar refractivity (Wildman–Crippen MR) is 40.2 cm³/mol. The summed E-state index contributed by atoms with van der Waals surface area (Å²) in [6.07, 6.45) is -4.66. The Bertz CT molecular complexity index is 193. The smallest absolute Gasteiger partial charge is 0.417 e. The van der Waals surface area contributed by atoms with Crippen LogP contribution < -0.4 is 5.32 Å². The summed E-state index contributed by atoms with van der Waals surface area (Å²) in [6, 6.07) is 0. The van der Waals surface area contributed by atoms with Gasteiger partial charge in [0.25, 0.3) is 0 Å². The molecule has 0 aliphatic rings. The van der Waals surface area contributed by atoms with Gasteiger partial charge in [-0.25, -0.2) is 4.79 Å². The Morgan fingerprint density at radius 2 is 1.92 bits per heavy atom. The average molecular weight is 199 g/mol. The van der Waals surface area contributed by atoms with Crippen molar-refractivity contribution in [2.45, 2.75) is 25.6 Å². The summed E-state index contributed by atoms with van der Waals surface area (Å²) in [4.78, 5) is 10.9. The third-order valence-corrected chi connectivity index (χ3v) is 1.75. The first-order valence-corrected chi connectivity index (χ1v) is 3.72. The second-order valence-electron chi connectivity index (χ2n) is 2.59. The Kier molecular flexibility index (Phi) is 3.71. The lowest BCUT2D eigenvalue weighted by molar-refractivity contribution is -0.208. The molecule has 0 fully saturated rings. The Hall–Kier alpha value is -0.780. The molecule has 0 aliphatic heterocycles. The van der Waals surface area contributed by atoms with E-state index in [-0.39, 0.29) is 6.61 Å². The molecule has 0 aliphatic carbocycles. The lowest BCUT2D eigenvalue weighted by Crippen LogP contribution is -2.59. The van der Waals surface area contributed by atoms with Crippen molar-refractivity contribution in [3.8, 4) is 0 Å². The molecule has 6 heteroatoms. The SMILES string of the molecule is CCOC(=O)C(C)(NC)C(F)(F)F. The van der Waals surface area contributed by atoms with Crippen molar-refractivity contribution in [3.05, 3.63) is 0 Å². The third-order valence-electron chi connectivity index (χ3n) is 1.75. The summed E-state index contributed by atoms with van der Waals surface area (Å²) in [7, 11) is 1.06. The van der Waals surface area contributed by atoms with Gasteiger partial charge >= 0.3 is 12.1 Å². The lowest BCUT2D eigenvalue weighted by atomic mass is 10.0. The molecular formula is C7H12F3NO2. The normalized spacial score (nSPS) is 16.5. The minimum atomic E-state index is -4.66. The largest absolute Gasteiger partial charge is 0.464 e. The van der Waals surface area contributed by atoms with Crippen LogP contribution in [0.4, 0.5) is 13.2 Å². The molecule has 0 rings (SSSR count). The lowest BCUT2D eigenvalue weighted by Gasteiger charge is -2.28. The van der Waals surface area contributed by atoms with E-state index in [0.29, 0.717) is 0 Å². The Morgan fingerprint density at radius 1 is 1.46 bits per heavy atom. The van der Waals surface area contributed by atoms with Crippen LogP contribution in [-0.2, 0) is 9.53 Å². The van der Waals surface area contributed by atoms with E-state index in [1.807, 2.05) is 5.32 Å². The maximum Gasteiger partial charge on any atom is 0.417 e. The summed E-state index contributed by atoms with van der Waals surface area (Å²) in [5.74, 6) is -1.31. The van der Waals surface area contributed by atoms with Crippen LogP contribution in [0.3, 0.4) is 0 Å². The van der Waals surface area contributed by atoms with E-state index in [2.05, 4.69) is 4.74 Å². The van der Waals surface area contributed by atoms with Gasteiger partial charge in [0.1, 0.15) is 0 Å². The van der Waals surface area contributed by atoms with Crippen LogP contribution in [0.25, 0.3) is 0 Å². The highest BCUT2D eigenvalue weighted by atomic mass is 19.4. The van der Waals surface area contributed by atoms with Gasteiger partial charge in [-0.2, -0.15) is 13.2 Å².